The number of rotatable bonds is 2. The molecule has 0 aliphatic rings. The Hall–Kier alpha value is -1.80. The molecule has 0 aliphatic heterocycles. The summed E-state index contributed by atoms with van der Waals surface area (Å²) in [4.78, 5) is 4.15. The fraction of sp³-hybridized carbons (Fsp3) is 0.222. The molecule has 0 unspecified atom stereocenters. The van der Waals surface area contributed by atoms with Crippen molar-refractivity contribution in [2.45, 2.75) is 12.1 Å². The number of hydrogen-bond acceptors (Lipinski definition) is 5. The van der Waals surface area contributed by atoms with Crippen LogP contribution < -0.4 is 5.14 Å². The summed E-state index contributed by atoms with van der Waals surface area (Å²) in [7, 11) is -2.34. The summed E-state index contributed by atoms with van der Waals surface area (Å²) in [6.45, 7) is 1.85. The third kappa shape index (κ3) is 2.04. The van der Waals surface area contributed by atoms with E-state index in [1.807, 2.05) is 13.0 Å². The average molecular weight is 253 g/mol. The molecule has 2 rings (SSSR count). The molecule has 0 aliphatic carbocycles. The summed E-state index contributed by atoms with van der Waals surface area (Å²) in [6, 6.07) is 3.64. The molecule has 0 amide bonds. The van der Waals surface area contributed by atoms with E-state index < -0.39 is 10.0 Å². The van der Waals surface area contributed by atoms with E-state index in [1.165, 1.54) is 11.6 Å². The van der Waals surface area contributed by atoms with Gasteiger partial charge in [-0.3, -0.25) is 9.55 Å². The van der Waals surface area contributed by atoms with Gasteiger partial charge >= 0.3 is 0 Å². The van der Waals surface area contributed by atoms with Crippen molar-refractivity contribution in [3.63, 3.8) is 0 Å². The van der Waals surface area contributed by atoms with Crippen molar-refractivity contribution in [1.82, 2.24) is 19.7 Å². The van der Waals surface area contributed by atoms with E-state index >= 15 is 0 Å². The highest BCUT2D eigenvalue weighted by Crippen LogP contribution is 2.19. The van der Waals surface area contributed by atoms with E-state index in [4.69, 9.17) is 5.14 Å². The van der Waals surface area contributed by atoms with Crippen molar-refractivity contribution < 1.29 is 8.42 Å². The number of aryl methyl sites for hydroxylation is 1. The fourth-order valence-electron chi connectivity index (χ4n) is 1.49. The van der Waals surface area contributed by atoms with E-state index in [2.05, 4.69) is 15.2 Å². The van der Waals surface area contributed by atoms with Gasteiger partial charge in [-0.25, -0.2) is 13.6 Å². The number of sulfonamides is 1. The number of aromatic nitrogens is 4. The van der Waals surface area contributed by atoms with Crippen LogP contribution in [0.15, 0.2) is 23.5 Å². The second kappa shape index (κ2) is 3.90. The van der Waals surface area contributed by atoms with Crippen molar-refractivity contribution in [1.29, 1.82) is 0 Å². The Bertz CT molecular complexity index is 662. The van der Waals surface area contributed by atoms with Crippen LogP contribution in [0.3, 0.4) is 0 Å². The third-order valence-electron chi connectivity index (χ3n) is 2.31. The van der Waals surface area contributed by atoms with Gasteiger partial charge in [0, 0.05) is 13.2 Å². The highest BCUT2D eigenvalue weighted by atomic mass is 32.2. The first-order valence-corrected chi connectivity index (χ1v) is 6.30. The van der Waals surface area contributed by atoms with E-state index in [0.29, 0.717) is 11.5 Å². The number of nitrogens with two attached hydrogens (primary N) is 1. The Labute approximate surface area is 98.4 Å². The largest absolute Gasteiger partial charge is 0.299 e. The molecule has 2 aromatic rings. The maximum Gasteiger partial charge on any atom is 0.273 e. The van der Waals surface area contributed by atoms with Crippen molar-refractivity contribution in [3.05, 3.63) is 23.9 Å². The summed E-state index contributed by atoms with van der Waals surface area (Å²) >= 11 is 0. The van der Waals surface area contributed by atoms with Gasteiger partial charge in [0.05, 0.1) is 0 Å². The zero-order chi connectivity index (χ0) is 12.6. The van der Waals surface area contributed by atoms with Crippen LogP contribution in [0.25, 0.3) is 11.5 Å². The second-order valence-corrected chi connectivity index (χ2v) is 5.03. The molecule has 0 atom stereocenters. The number of nitrogens with zero attached hydrogens (tertiary/aromatic N) is 4. The molecule has 0 saturated heterocycles. The summed E-state index contributed by atoms with van der Waals surface area (Å²) < 4.78 is 23.7. The van der Waals surface area contributed by atoms with Crippen LogP contribution in [0.2, 0.25) is 0 Å². The molecule has 0 fully saturated rings. The Morgan fingerprint density at radius 3 is 2.59 bits per heavy atom. The van der Waals surface area contributed by atoms with Gasteiger partial charge in [-0.15, -0.1) is 10.2 Å². The van der Waals surface area contributed by atoms with E-state index in [-0.39, 0.29) is 5.16 Å². The molecule has 0 aromatic carbocycles. The summed E-state index contributed by atoms with van der Waals surface area (Å²) in [6.07, 6.45) is 1.60. The van der Waals surface area contributed by atoms with Crippen molar-refractivity contribution in [2.24, 2.45) is 12.2 Å². The van der Waals surface area contributed by atoms with Crippen LogP contribution in [0.1, 0.15) is 5.56 Å². The molecule has 17 heavy (non-hydrogen) atoms. The quantitative estimate of drug-likeness (QED) is 0.800. The highest BCUT2D eigenvalue weighted by molar-refractivity contribution is 7.89. The SMILES string of the molecule is Cc1cccnc1-c1nnc(S(N)(=O)=O)n1C. The molecule has 2 heterocycles. The van der Waals surface area contributed by atoms with Gasteiger partial charge in [-0.05, 0) is 18.6 Å². The van der Waals surface area contributed by atoms with Crippen LogP contribution in [0.4, 0.5) is 0 Å². The molecule has 8 heteroatoms. The van der Waals surface area contributed by atoms with Crippen molar-refractivity contribution in [2.75, 3.05) is 0 Å². The van der Waals surface area contributed by atoms with E-state index in [0.717, 1.165) is 5.56 Å². The predicted octanol–water partition coefficient (Wildman–Crippen LogP) is -0.167. The predicted molar refractivity (Wildman–Crippen MR) is 60.3 cm³/mol. The fourth-order valence-corrected chi connectivity index (χ4v) is 2.11. The Balaban J connectivity index is 2.64. The normalized spacial score (nSPS) is 11.7. The molecule has 90 valence electrons. The van der Waals surface area contributed by atoms with Crippen LogP contribution in [-0.2, 0) is 17.1 Å². The van der Waals surface area contributed by atoms with Crippen LogP contribution >= 0.6 is 0 Å². The first-order chi connectivity index (χ1) is 7.91. The molecule has 2 aromatic heterocycles. The molecule has 0 radical (unpaired) electrons. The van der Waals surface area contributed by atoms with Gasteiger partial charge in [-0.1, -0.05) is 6.07 Å². The lowest BCUT2D eigenvalue weighted by Gasteiger charge is -2.04. The minimum atomic E-state index is -3.87. The zero-order valence-corrected chi connectivity index (χ0v) is 10.1. The number of hydrogen-bond donors (Lipinski definition) is 1. The first-order valence-electron chi connectivity index (χ1n) is 4.75. The molecule has 2 N–H and O–H groups in total. The van der Waals surface area contributed by atoms with Gasteiger partial charge in [0.1, 0.15) is 5.69 Å². The van der Waals surface area contributed by atoms with E-state index in [1.54, 1.807) is 12.3 Å². The lowest BCUT2D eigenvalue weighted by atomic mass is 10.2. The Morgan fingerprint density at radius 1 is 1.35 bits per heavy atom. The average Bonchev–Trinajstić information content (AvgIpc) is 2.60. The van der Waals surface area contributed by atoms with E-state index in [9.17, 15) is 8.42 Å². The smallest absolute Gasteiger partial charge is 0.273 e. The maximum absolute atomic E-state index is 11.2. The lowest BCUT2D eigenvalue weighted by molar-refractivity contribution is 0.580. The topological polar surface area (TPSA) is 104 Å². The summed E-state index contributed by atoms with van der Waals surface area (Å²) in [5.41, 5.74) is 1.46. The van der Waals surface area contributed by atoms with Gasteiger partial charge < -0.3 is 0 Å². The molecule has 0 bridgehead atoms. The maximum atomic E-state index is 11.2. The minimum Gasteiger partial charge on any atom is -0.299 e. The van der Waals surface area contributed by atoms with Gasteiger partial charge in [-0.2, -0.15) is 0 Å². The minimum absolute atomic E-state index is 0.280. The Morgan fingerprint density at radius 2 is 2.06 bits per heavy atom. The number of primary sulfonamides is 1. The van der Waals surface area contributed by atoms with Crippen LogP contribution in [0.5, 0.6) is 0 Å². The second-order valence-electron chi connectivity index (χ2n) is 3.58. The summed E-state index contributed by atoms with van der Waals surface area (Å²) in [5, 5.41) is 12.1. The van der Waals surface area contributed by atoms with Crippen molar-refractivity contribution in [3.8, 4) is 11.5 Å². The standard InChI is InChI=1S/C9H11N5O2S/c1-6-4-3-5-11-7(6)8-12-13-9(14(8)2)17(10,15)16/h3-5H,1-2H3,(H2,10,15,16). The first kappa shape index (κ1) is 11.7. The van der Waals surface area contributed by atoms with Gasteiger partial charge in [0.15, 0.2) is 5.82 Å². The molecule has 0 spiro atoms. The van der Waals surface area contributed by atoms with Gasteiger partial charge in [0.2, 0.25) is 0 Å². The molecule has 0 saturated carbocycles. The highest BCUT2D eigenvalue weighted by Gasteiger charge is 2.20. The Kier molecular flexibility index (Phi) is 2.68. The molecule has 7 nitrogen and oxygen atoms in total. The lowest BCUT2D eigenvalue weighted by Crippen LogP contribution is -2.17. The van der Waals surface area contributed by atoms with Crippen LogP contribution in [-0.4, -0.2) is 28.2 Å². The zero-order valence-electron chi connectivity index (χ0n) is 9.32. The third-order valence-corrected chi connectivity index (χ3v) is 3.18. The number of pyridine rings is 1. The molecular formula is C9H11N5O2S. The van der Waals surface area contributed by atoms with Gasteiger partial charge in [0.25, 0.3) is 15.2 Å². The molecular weight excluding hydrogens is 242 g/mol. The monoisotopic (exact) mass is 253 g/mol. The van der Waals surface area contributed by atoms with Crippen LogP contribution in [0, 0.1) is 6.92 Å². The summed E-state index contributed by atoms with van der Waals surface area (Å²) in [5.74, 6) is 0.368. The van der Waals surface area contributed by atoms with Crippen molar-refractivity contribution >= 4 is 10.0 Å².